The van der Waals surface area contributed by atoms with Gasteiger partial charge < -0.3 is 10.1 Å². The standard InChI is InChI=1S/C19H22FNO2S/c1-3-19(23-2,15-7-5-4-6-8-15)14-21-18(22)13-24-17-11-9-16(20)10-12-17/h4-12H,3,13-14H2,1-2H3,(H,21,22). The van der Waals surface area contributed by atoms with E-state index in [9.17, 15) is 9.18 Å². The number of benzene rings is 2. The molecule has 128 valence electrons. The van der Waals surface area contributed by atoms with E-state index in [1.54, 1.807) is 19.2 Å². The Bertz CT molecular complexity index is 642. The molecule has 1 unspecified atom stereocenters. The summed E-state index contributed by atoms with van der Waals surface area (Å²) in [5.74, 6) is -0.0705. The maximum absolute atomic E-state index is 12.9. The Morgan fingerprint density at radius 1 is 1.17 bits per heavy atom. The van der Waals surface area contributed by atoms with E-state index >= 15 is 0 Å². The van der Waals surface area contributed by atoms with Crippen LogP contribution in [-0.4, -0.2) is 25.3 Å². The minimum absolute atomic E-state index is 0.0740. The zero-order valence-electron chi connectivity index (χ0n) is 13.9. The molecule has 0 aromatic heterocycles. The van der Waals surface area contributed by atoms with Crippen LogP contribution in [0.4, 0.5) is 4.39 Å². The van der Waals surface area contributed by atoms with Gasteiger partial charge in [0, 0.05) is 12.0 Å². The molecule has 0 spiro atoms. The average Bonchev–Trinajstić information content (AvgIpc) is 2.63. The maximum Gasteiger partial charge on any atom is 0.230 e. The van der Waals surface area contributed by atoms with Gasteiger partial charge in [0.1, 0.15) is 11.4 Å². The second-order valence-electron chi connectivity index (χ2n) is 5.44. The van der Waals surface area contributed by atoms with Gasteiger partial charge in [0.05, 0.1) is 12.3 Å². The quantitative estimate of drug-likeness (QED) is 0.734. The van der Waals surface area contributed by atoms with Gasteiger partial charge in [0.15, 0.2) is 0 Å². The fourth-order valence-electron chi connectivity index (χ4n) is 2.48. The van der Waals surface area contributed by atoms with Crippen LogP contribution in [0.1, 0.15) is 18.9 Å². The molecule has 0 aliphatic heterocycles. The van der Waals surface area contributed by atoms with Crippen LogP contribution in [-0.2, 0) is 15.1 Å². The van der Waals surface area contributed by atoms with Crippen LogP contribution in [0.2, 0.25) is 0 Å². The van der Waals surface area contributed by atoms with Crippen LogP contribution >= 0.6 is 11.8 Å². The van der Waals surface area contributed by atoms with Crippen molar-refractivity contribution in [1.29, 1.82) is 0 Å². The summed E-state index contributed by atoms with van der Waals surface area (Å²) in [6, 6.07) is 16.0. The molecule has 0 aliphatic rings. The van der Waals surface area contributed by atoms with Crippen molar-refractivity contribution in [3.05, 3.63) is 66.0 Å². The Hall–Kier alpha value is -1.85. The van der Waals surface area contributed by atoms with Crippen molar-refractivity contribution >= 4 is 17.7 Å². The molecule has 24 heavy (non-hydrogen) atoms. The highest BCUT2D eigenvalue weighted by atomic mass is 32.2. The normalized spacial score (nSPS) is 13.3. The third-order valence-electron chi connectivity index (χ3n) is 4.02. The molecule has 2 aromatic carbocycles. The van der Waals surface area contributed by atoms with Gasteiger partial charge in [-0.15, -0.1) is 11.8 Å². The third-order valence-corrected chi connectivity index (χ3v) is 5.03. The number of amides is 1. The maximum atomic E-state index is 12.9. The molecule has 0 radical (unpaired) electrons. The summed E-state index contributed by atoms with van der Waals surface area (Å²) in [6.45, 7) is 2.45. The van der Waals surface area contributed by atoms with Gasteiger partial charge in [-0.25, -0.2) is 4.39 Å². The van der Waals surface area contributed by atoms with Gasteiger partial charge in [-0.2, -0.15) is 0 Å². The van der Waals surface area contributed by atoms with Crippen molar-refractivity contribution < 1.29 is 13.9 Å². The molecule has 5 heteroatoms. The molecule has 1 atom stereocenters. The molecular weight excluding hydrogens is 325 g/mol. The first-order valence-electron chi connectivity index (χ1n) is 7.85. The molecule has 1 amide bonds. The topological polar surface area (TPSA) is 38.3 Å². The monoisotopic (exact) mass is 347 g/mol. The number of halogens is 1. The number of hydrogen-bond donors (Lipinski definition) is 1. The Morgan fingerprint density at radius 2 is 1.83 bits per heavy atom. The SMILES string of the molecule is CCC(CNC(=O)CSc1ccc(F)cc1)(OC)c1ccccc1. The van der Waals surface area contributed by atoms with Crippen LogP contribution < -0.4 is 5.32 Å². The largest absolute Gasteiger partial charge is 0.372 e. The van der Waals surface area contributed by atoms with Crippen molar-refractivity contribution in [3.8, 4) is 0 Å². The second kappa shape index (κ2) is 8.85. The number of methoxy groups -OCH3 is 1. The van der Waals surface area contributed by atoms with Crippen LogP contribution in [0.3, 0.4) is 0 Å². The van der Waals surface area contributed by atoms with Gasteiger partial charge in [-0.1, -0.05) is 37.3 Å². The lowest BCUT2D eigenvalue weighted by Gasteiger charge is -2.32. The summed E-state index contributed by atoms with van der Waals surface area (Å²) < 4.78 is 18.6. The first kappa shape index (κ1) is 18.5. The highest BCUT2D eigenvalue weighted by molar-refractivity contribution is 8.00. The van der Waals surface area contributed by atoms with Crippen molar-refractivity contribution in [1.82, 2.24) is 5.32 Å². The predicted octanol–water partition coefficient (Wildman–Crippen LogP) is 3.99. The third kappa shape index (κ3) is 4.82. The van der Waals surface area contributed by atoms with Gasteiger partial charge in [-0.3, -0.25) is 4.79 Å². The van der Waals surface area contributed by atoms with E-state index in [-0.39, 0.29) is 17.5 Å². The Kier molecular flexibility index (Phi) is 6.82. The molecular formula is C19H22FNO2S. The van der Waals surface area contributed by atoms with Gasteiger partial charge >= 0.3 is 0 Å². The number of ether oxygens (including phenoxy) is 1. The molecule has 0 fully saturated rings. The lowest BCUT2D eigenvalue weighted by molar-refractivity contribution is -0.120. The summed E-state index contributed by atoms with van der Waals surface area (Å²) in [6.07, 6.45) is 0.749. The minimum Gasteiger partial charge on any atom is -0.372 e. The van der Waals surface area contributed by atoms with Crippen LogP contribution in [0.5, 0.6) is 0 Å². The number of nitrogens with one attached hydrogen (secondary N) is 1. The molecule has 0 heterocycles. The van der Waals surface area contributed by atoms with Crippen molar-refractivity contribution in [3.63, 3.8) is 0 Å². The summed E-state index contributed by atoms with van der Waals surface area (Å²) in [7, 11) is 1.66. The Labute approximate surface area is 146 Å². The predicted molar refractivity (Wildman–Crippen MR) is 95.6 cm³/mol. The molecule has 2 aromatic rings. The number of rotatable bonds is 8. The lowest BCUT2D eigenvalue weighted by atomic mass is 9.90. The minimum atomic E-state index is -0.530. The van der Waals surface area contributed by atoms with Gasteiger partial charge in [0.25, 0.3) is 0 Å². The van der Waals surface area contributed by atoms with E-state index in [2.05, 4.69) is 5.32 Å². The van der Waals surface area contributed by atoms with Crippen molar-refractivity contribution in [2.45, 2.75) is 23.8 Å². The first-order valence-corrected chi connectivity index (χ1v) is 8.84. The molecule has 3 nitrogen and oxygen atoms in total. The smallest absolute Gasteiger partial charge is 0.230 e. The Balaban J connectivity index is 1.92. The van der Waals surface area contributed by atoms with E-state index in [0.717, 1.165) is 16.9 Å². The number of hydrogen-bond acceptors (Lipinski definition) is 3. The molecule has 2 rings (SSSR count). The number of carbonyl (C=O) groups is 1. The molecule has 1 N–H and O–H groups in total. The van der Waals surface area contributed by atoms with Crippen LogP contribution in [0, 0.1) is 5.82 Å². The number of carbonyl (C=O) groups excluding carboxylic acids is 1. The van der Waals surface area contributed by atoms with Crippen LogP contribution in [0.15, 0.2) is 59.5 Å². The second-order valence-corrected chi connectivity index (χ2v) is 6.49. The van der Waals surface area contributed by atoms with E-state index in [4.69, 9.17) is 4.74 Å². The van der Waals surface area contributed by atoms with E-state index in [1.165, 1.54) is 23.9 Å². The van der Waals surface area contributed by atoms with Gasteiger partial charge in [0.2, 0.25) is 5.91 Å². The van der Waals surface area contributed by atoms with Crippen LogP contribution in [0.25, 0.3) is 0 Å². The molecule has 0 saturated carbocycles. The fourth-order valence-corrected chi connectivity index (χ4v) is 3.21. The first-order chi connectivity index (χ1) is 11.6. The highest BCUT2D eigenvalue weighted by Crippen LogP contribution is 2.28. The molecule has 0 saturated heterocycles. The summed E-state index contributed by atoms with van der Waals surface area (Å²) in [5, 5.41) is 2.95. The van der Waals surface area contributed by atoms with Crippen molar-refractivity contribution in [2.75, 3.05) is 19.4 Å². The highest BCUT2D eigenvalue weighted by Gasteiger charge is 2.30. The fraction of sp³-hybridized carbons (Fsp3) is 0.316. The average molecular weight is 347 g/mol. The Morgan fingerprint density at radius 3 is 2.42 bits per heavy atom. The summed E-state index contributed by atoms with van der Waals surface area (Å²) in [4.78, 5) is 13.0. The zero-order valence-corrected chi connectivity index (χ0v) is 14.7. The summed E-state index contributed by atoms with van der Waals surface area (Å²) >= 11 is 1.38. The number of thioether (sulfide) groups is 1. The molecule has 0 aliphatic carbocycles. The van der Waals surface area contributed by atoms with E-state index < -0.39 is 5.60 Å². The molecule has 0 bridgehead atoms. The van der Waals surface area contributed by atoms with Gasteiger partial charge in [-0.05, 0) is 36.2 Å². The zero-order chi connectivity index (χ0) is 17.4. The van der Waals surface area contributed by atoms with E-state index in [1.807, 2.05) is 37.3 Å². The summed E-state index contributed by atoms with van der Waals surface area (Å²) in [5.41, 5.74) is 0.513. The van der Waals surface area contributed by atoms with Crippen molar-refractivity contribution in [2.24, 2.45) is 0 Å². The van der Waals surface area contributed by atoms with E-state index in [0.29, 0.717) is 6.54 Å². The lowest BCUT2D eigenvalue weighted by Crippen LogP contribution is -2.42.